The van der Waals surface area contributed by atoms with Gasteiger partial charge in [0.1, 0.15) is 5.75 Å². The Morgan fingerprint density at radius 2 is 1.71 bits per heavy atom. The molecular weight excluding hydrogens is 467 g/mol. The van der Waals surface area contributed by atoms with Crippen LogP contribution in [0.15, 0.2) is 59.6 Å². The predicted octanol–water partition coefficient (Wildman–Crippen LogP) is 3.14. The molecule has 0 saturated carbocycles. The summed E-state index contributed by atoms with van der Waals surface area (Å²) in [7, 11) is 5.24. The Hall–Kier alpha value is -2.29. The van der Waals surface area contributed by atoms with Crippen molar-refractivity contribution in [2.75, 3.05) is 34.3 Å². The molecule has 0 aromatic heterocycles. The average Bonchev–Trinajstić information content (AvgIpc) is 2.70. The van der Waals surface area contributed by atoms with Gasteiger partial charge in [-0.05, 0) is 36.2 Å². The monoisotopic (exact) mass is 496 g/mol. The summed E-state index contributed by atoms with van der Waals surface area (Å²) in [6.07, 6.45) is 0.872. The van der Waals surface area contributed by atoms with Crippen LogP contribution in [0.25, 0.3) is 0 Å². The normalized spacial score (nSPS) is 10.6. The molecule has 1 amide bonds. The smallest absolute Gasteiger partial charge is 0.253 e. The maximum absolute atomic E-state index is 11.9. The van der Waals surface area contributed by atoms with Crippen LogP contribution in [-0.4, -0.2) is 51.1 Å². The van der Waals surface area contributed by atoms with Gasteiger partial charge in [0.25, 0.3) is 5.91 Å². The molecule has 0 aliphatic heterocycles. The summed E-state index contributed by atoms with van der Waals surface area (Å²) in [5, 5.41) is 6.54. The van der Waals surface area contributed by atoms with Crippen molar-refractivity contribution in [1.82, 2.24) is 15.5 Å². The standard InChI is InChI=1S/C21H28N4O2.HI/c1-22-21(23-14-7-15-27-19-8-5-4-6-9-19)24-16-17-10-12-18(13-11-17)20(26)25(2)3;/h4-6,8-13H,7,14-16H2,1-3H3,(H2,22,23,24);1H. The molecule has 0 saturated heterocycles. The summed E-state index contributed by atoms with van der Waals surface area (Å²) in [5.41, 5.74) is 1.77. The van der Waals surface area contributed by atoms with Crippen LogP contribution in [0, 0.1) is 0 Å². The van der Waals surface area contributed by atoms with Crippen molar-refractivity contribution in [3.05, 3.63) is 65.7 Å². The molecule has 0 unspecified atom stereocenters. The number of nitrogens with one attached hydrogen (secondary N) is 2. The number of nitrogens with zero attached hydrogens (tertiary/aromatic N) is 2. The fraction of sp³-hybridized carbons (Fsp3) is 0.333. The van der Waals surface area contributed by atoms with E-state index in [4.69, 9.17) is 4.74 Å². The summed E-state index contributed by atoms with van der Waals surface area (Å²) in [4.78, 5) is 17.7. The van der Waals surface area contributed by atoms with Crippen molar-refractivity contribution < 1.29 is 9.53 Å². The number of ether oxygens (including phenoxy) is 1. The second kappa shape index (κ2) is 13.0. The third kappa shape index (κ3) is 8.16. The Balaban J connectivity index is 0.00000392. The van der Waals surface area contributed by atoms with Crippen molar-refractivity contribution in [3.63, 3.8) is 0 Å². The van der Waals surface area contributed by atoms with E-state index in [1.807, 2.05) is 54.6 Å². The third-order valence-electron chi connectivity index (χ3n) is 3.92. The molecule has 0 spiro atoms. The summed E-state index contributed by atoms with van der Waals surface area (Å²) in [5.74, 6) is 1.63. The summed E-state index contributed by atoms with van der Waals surface area (Å²) in [6.45, 7) is 2.05. The first kappa shape index (κ1) is 23.7. The Kier molecular flexibility index (Phi) is 11.0. The molecule has 0 radical (unpaired) electrons. The Morgan fingerprint density at radius 3 is 2.32 bits per heavy atom. The predicted molar refractivity (Wildman–Crippen MR) is 125 cm³/mol. The fourth-order valence-corrected chi connectivity index (χ4v) is 2.42. The highest BCUT2D eigenvalue weighted by atomic mass is 127. The van der Waals surface area contributed by atoms with Crippen LogP contribution in [0.4, 0.5) is 0 Å². The highest BCUT2D eigenvalue weighted by molar-refractivity contribution is 14.0. The van der Waals surface area contributed by atoms with Gasteiger partial charge in [-0.25, -0.2) is 0 Å². The van der Waals surface area contributed by atoms with Crippen LogP contribution >= 0.6 is 24.0 Å². The van der Waals surface area contributed by atoms with Crippen molar-refractivity contribution in [2.45, 2.75) is 13.0 Å². The molecule has 2 rings (SSSR count). The second-order valence-corrected chi connectivity index (χ2v) is 6.26. The lowest BCUT2D eigenvalue weighted by Gasteiger charge is -2.13. The molecule has 2 aromatic rings. The number of amides is 1. The average molecular weight is 496 g/mol. The van der Waals surface area contributed by atoms with E-state index in [2.05, 4.69) is 15.6 Å². The zero-order valence-corrected chi connectivity index (χ0v) is 19.0. The number of hydrogen-bond acceptors (Lipinski definition) is 3. The molecule has 0 heterocycles. The van der Waals surface area contributed by atoms with E-state index < -0.39 is 0 Å². The quantitative estimate of drug-likeness (QED) is 0.255. The van der Waals surface area contributed by atoms with E-state index in [1.54, 1.807) is 26.0 Å². The lowest BCUT2D eigenvalue weighted by Crippen LogP contribution is -2.37. The molecule has 2 N–H and O–H groups in total. The second-order valence-electron chi connectivity index (χ2n) is 6.26. The molecule has 0 fully saturated rings. The highest BCUT2D eigenvalue weighted by Gasteiger charge is 2.07. The van der Waals surface area contributed by atoms with Crippen molar-refractivity contribution in [1.29, 1.82) is 0 Å². The number of hydrogen-bond donors (Lipinski definition) is 2. The van der Waals surface area contributed by atoms with Crippen LogP contribution in [0.3, 0.4) is 0 Å². The van der Waals surface area contributed by atoms with Gasteiger partial charge < -0.3 is 20.3 Å². The van der Waals surface area contributed by atoms with Crippen LogP contribution in [0.2, 0.25) is 0 Å². The van der Waals surface area contributed by atoms with E-state index in [0.29, 0.717) is 18.7 Å². The number of rotatable bonds is 8. The Morgan fingerprint density at radius 1 is 1.04 bits per heavy atom. The van der Waals surface area contributed by atoms with Gasteiger partial charge in [-0.2, -0.15) is 0 Å². The first-order valence-corrected chi connectivity index (χ1v) is 9.03. The van der Waals surface area contributed by atoms with E-state index in [9.17, 15) is 4.79 Å². The minimum absolute atomic E-state index is 0. The molecule has 0 bridgehead atoms. The Labute approximate surface area is 184 Å². The largest absolute Gasteiger partial charge is 0.494 e. The fourth-order valence-electron chi connectivity index (χ4n) is 2.42. The molecule has 0 aliphatic rings. The van der Waals surface area contributed by atoms with E-state index >= 15 is 0 Å². The minimum Gasteiger partial charge on any atom is -0.494 e. The van der Waals surface area contributed by atoms with Crippen molar-refractivity contribution in [3.8, 4) is 5.75 Å². The lowest BCUT2D eigenvalue weighted by molar-refractivity contribution is 0.0827. The number of halogens is 1. The maximum Gasteiger partial charge on any atom is 0.253 e. The van der Waals surface area contributed by atoms with Crippen molar-refractivity contribution >= 4 is 35.8 Å². The van der Waals surface area contributed by atoms with Gasteiger partial charge >= 0.3 is 0 Å². The summed E-state index contributed by atoms with van der Waals surface area (Å²) >= 11 is 0. The maximum atomic E-state index is 11.9. The van der Waals surface area contributed by atoms with Gasteiger partial charge in [0.15, 0.2) is 5.96 Å². The number of aliphatic imine (C=N–C) groups is 1. The number of para-hydroxylation sites is 1. The summed E-state index contributed by atoms with van der Waals surface area (Å²) in [6, 6.07) is 17.4. The molecule has 2 aromatic carbocycles. The molecule has 6 nitrogen and oxygen atoms in total. The minimum atomic E-state index is 0. The zero-order chi connectivity index (χ0) is 19.5. The molecular formula is C21H29IN4O2. The van der Waals surface area contributed by atoms with Crippen LogP contribution in [0.5, 0.6) is 5.75 Å². The van der Waals surface area contributed by atoms with Crippen LogP contribution in [-0.2, 0) is 6.54 Å². The number of carbonyl (C=O) groups excluding carboxylic acids is 1. The van der Waals surface area contributed by atoms with Crippen LogP contribution in [0.1, 0.15) is 22.3 Å². The van der Waals surface area contributed by atoms with Gasteiger partial charge in [-0.1, -0.05) is 30.3 Å². The van der Waals surface area contributed by atoms with Gasteiger partial charge in [0.05, 0.1) is 6.61 Å². The van der Waals surface area contributed by atoms with Gasteiger partial charge in [0, 0.05) is 39.8 Å². The third-order valence-corrected chi connectivity index (χ3v) is 3.92. The molecule has 0 atom stereocenters. The van der Waals surface area contributed by atoms with E-state index in [1.165, 1.54) is 0 Å². The van der Waals surface area contributed by atoms with Gasteiger partial charge in [0.2, 0.25) is 0 Å². The molecule has 7 heteroatoms. The number of guanidine groups is 1. The SMILES string of the molecule is CN=C(NCCCOc1ccccc1)NCc1ccc(C(=O)N(C)C)cc1.I. The van der Waals surface area contributed by atoms with E-state index in [-0.39, 0.29) is 29.9 Å². The summed E-state index contributed by atoms with van der Waals surface area (Å²) < 4.78 is 5.67. The number of carbonyl (C=O) groups is 1. The van der Waals surface area contributed by atoms with Crippen molar-refractivity contribution in [2.24, 2.45) is 4.99 Å². The lowest BCUT2D eigenvalue weighted by atomic mass is 10.1. The molecule has 28 heavy (non-hydrogen) atoms. The molecule has 152 valence electrons. The van der Waals surface area contributed by atoms with Gasteiger partial charge in [-0.15, -0.1) is 24.0 Å². The first-order valence-electron chi connectivity index (χ1n) is 9.03. The van der Waals surface area contributed by atoms with E-state index in [0.717, 1.165) is 30.2 Å². The zero-order valence-electron chi connectivity index (χ0n) is 16.6. The first-order chi connectivity index (χ1) is 13.1. The number of benzene rings is 2. The molecule has 0 aliphatic carbocycles. The Bertz CT molecular complexity index is 734. The van der Waals surface area contributed by atoms with Gasteiger partial charge in [-0.3, -0.25) is 9.79 Å². The highest BCUT2D eigenvalue weighted by Crippen LogP contribution is 2.08. The van der Waals surface area contributed by atoms with Crippen LogP contribution < -0.4 is 15.4 Å². The topological polar surface area (TPSA) is 66.0 Å².